The van der Waals surface area contributed by atoms with Gasteiger partial charge in [-0.05, 0) is 48.6 Å². The number of anilines is 2. The van der Waals surface area contributed by atoms with Gasteiger partial charge in [0.25, 0.3) is 0 Å². The van der Waals surface area contributed by atoms with Gasteiger partial charge in [-0.25, -0.2) is 14.1 Å². The predicted molar refractivity (Wildman–Crippen MR) is 122 cm³/mol. The molecule has 158 valence electrons. The molecule has 1 fully saturated rings. The van der Waals surface area contributed by atoms with Crippen molar-refractivity contribution in [1.29, 1.82) is 0 Å². The molecule has 4 aromatic rings. The Kier molecular flexibility index (Phi) is 4.81. The van der Waals surface area contributed by atoms with Crippen molar-refractivity contribution in [3.8, 4) is 16.9 Å². The van der Waals surface area contributed by atoms with E-state index in [0.717, 1.165) is 37.2 Å². The molecule has 0 saturated carbocycles. The van der Waals surface area contributed by atoms with E-state index in [2.05, 4.69) is 48.1 Å². The van der Waals surface area contributed by atoms with Crippen molar-refractivity contribution in [3.63, 3.8) is 0 Å². The molecule has 0 bridgehead atoms. The predicted octanol–water partition coefficient (Wildman–Crippen LogP) is 4.93. The number of hydrogen-bond donors (Lipinski definition) is 1. The van der Waals surface area contributed by atoms with E-state index in [1.54, 1.807) is 16.8 Å². The lowest BCUT2D eigenvalue weighted by molar-refractivity contribution is 0.627. The van der Waals surface area contributed by atoms with Crippen LogP contribution >= 0.6 is 0 Å². The minimum Gasteiger partial charge on any atom is -0.383 e. The number of rotatable bonds is 4. The molecular formula is C24H25FN6. The van der Waals surface area contributed by atoms with Crippen LogP contribution in [0.25, 0.3) is 28.0 Å². The maximum Gasteiger partial charge on any atom is 0.228 e. The van der Waals surface area contributed by atoms with E-state index in [9.17, 15) is 4.39 Å². The first kappa shape index (κ1) is 19.5. The standard InChI is InChI=1S/C24H25FN6/c1-15(2)16-5-7-17(8-6-16)21-20-22(26)31(19-11-9-18(25)10-12-19)29-23(20)28-24(27-21)30-13-3-4-14-30/h5-12,15H,3-4,13-14,26H2,1-2H3. The van der Waals surface area contributed by atoms with Gasteiger partial charge in [0.15, 0.2) is 5.65 Å². The van der Waals surface area contributed by atoms with Crippen LogP contribution in [0.5, 0.6) is 0 Å². The smallest absolute Gasteiger partial charge is 0.228 e. The summed E-state index contributed by atoms with van der Waals surface area (Å²) in [7, 11) is 0. The largest absolute Gasteiger partial charge is 0.383 e. The number of aromatic nitrogens is 4. The Balaban J connectivity index is 1.71. The molecule has 1 aliphatic heterocycles. The third-order valence-electron chi connectivity index (χ3n) is 5.87. The molecule has 0 spiro atoms. The van der Waals surface area contributed by atoms with E-state index in [0.29, 0.717) is 34.4 Å². The van der Waals surface area contributed by atoms with Gasteiger partial charge in [-0.1, -0.05) is 38.1 Å². The number of nitrogen functional groups attached to an aromatic ring is 1. The van der Waals surface area contributed by atoms with Crippen molar-refractivity contribution in [2.75, 3.05) is 23.7 Å². The third-order valence-corrected chi connectivity index (χ3v) is 5.87. The number of nitrogens with two attached hydrogens (primary N) is 1. The summed E-state index contributed by atoms with van der Waals surface area (Å²) in [4.78, 5) is 11.9. The molecule has 31 heavy (non-hydrogen) atoms. The zero-order valence-electron chi connectivity index (χ0n) is 17.7. The highest BCUT2D eigenvalue weighted by molar-refractivity contribution is 5.99. The lowest BCUT2D eigenvalue weighted by atomic mass is 10.00. The molecule has 7 heteroatoms. The first-order chi connectivity index (χ1) is 15.0. The SMILES string of the molecule is CC(C)c1ccc(-c2nc(N3CCCC3)nc3nn(-c4ccc(F)cc4)c(N)c23)cc1. The number of nitrogens with zero attached hydrogens (tertiary/aromatic N) is 5. The van der Waals surface area contributed by atoms with Gasteiger partial charge in [-0.15, -0.1) is 5.10 Å². The molecule has 6 nitrogen and oxygen atoms in total. The van der Waals surface area contributed by atoms with Crippen molar-refractivity contribution in [2.45, 2.75) is 32.6 Å². The molecule has 0 amide bonds. The van der Waals surface area contributed by atoms with Crippen molar-refractivity contribution in [2.24, 2.45) is 0 Å². The fourth-order valence-electron chi connectivity index (χ4n) is 4.07. The number of fused-ring (bicyclic) bond motifs is 1. The topological polar surface area (TPSA) is 72.9 Å². The van der Waals surface area contributed by atoms with Crippen LogP contribution in [-0.4, -0.2) is 32.8 Å². The summed E-state index contributed by atoms with van der Waals surface area (Å²) in [6, 6.07) is 14.5. The van der Waals surface area contributed by atoms with Crippen molar-refractivity contribution < 1.29 is 4.39 Å². The Hall–Kier alpha value is -3.48. The Labute approximate surface area is 180 Å². The van der Waals surface area contributed by atoms with Gasteiger partial charge in [0.2, 0.25) is 5.95 Å². The van der Waals surface area contributed by atoms with Gasteiger partial charge < -0.3 is 10.6 Å². The molecular weight excluding hydrogens is 391 g/mol. The average molecular weight is 417 g/mol. The van der Waals surface area contributed by atoms with E-state index in [1.807, 2.05) is 0 Å². The maximum atomic E-state index is 13.4. The van der Waals surface area contributed by atoms with E-state index < -0.39 is 0 Å². The molecule has 0 unspecified atom stereocenters. The number of benzene rings is 2. The minimum atomic E-state index is -0.305. The van der Waals surface area contributed by atoms with Crippen LogP contribution in [0, 0.1) is 5.82 Å². The quantitative estimate of drug-likeness (QED) is 0.511. The Morgan fingerprint density at radius 2 is 1.61 bits per heavy atom. The summed E-state index contributed by atoms with van der Waals surface area (Å²) in [5, 5.41) is 5.38. The second kappa shape index (κ2) is 7.65. The summed E-state index contributed by atoms with van der Waals surface area (Å²) in [5.41, 5.74) is 10.8. The highest BCUT2D eigenvalue weighted by Gasteiger charge is 2.23. The highest BCUT2D eigenvalue weighted by Crippen LogP contribution is 2.34. The van der Waals surface area contributed by atoms with Crippen LogP contribution in [-0.2, 0) is 0 Å². The molecule has 5 rings (SSSR count). The fourth-order valence-corrected chi connectivity index (χ4v) is 4.07. The normalized spacial score (nSPS) is 14.1. The van der Waals surface area contributed by atoms with E-state index >= 15 is 0 Å². The van der Waals surface area contributed by atoms with Crippen LogP contribution in [0.4, 0.5) is 16.2 Å². The molecule has 2 N–H and O–H groups in total. The van der Waals surface area contributed by atoms with Gasteiger partial charge in [-0.3, -0.25) is 0 Å². The maximum absolute atomic E-state index is 13.4. The molecule has 2 aromatic heterocycles. The molecule has 0 radical (unpaired) electrons. The summed E-state index contributed by atoms with van der Waals surface area (Å²) in [5.74, 6) is 1.27. The zero-order valence-corrected chi connectivity index (χ0v) is 17.7. The highest BCUT2D eigenvalue weighted by atomic mass is 19.1. The summed E-state index contributed by atoms with van der Waals surface area (Å²) in [6.07, 6.45) is 2.26. The van der Waals surface area contributed by atoms with E-state index in [1.165, 1.54) is 17.7 Å². The summed E-state index contributed by atoms with van der Waals surface area (Å²) >= 11 is 0. The number of hydrogen-bond acceptors (Lipinski definition) is 5. The average Bonchev–Trinajstić information content (AvgIpc) is 3.42. The van der Waals surface area contributed by atoms with Gasteiger partial charge >= 0.3 is 0 Å². The van der Waals surface area contributed by atoms with Crippen LogP contribution < -0.4 is 10.6 Å². The van der Waals surface area contributed by atoms with E-state index in [4.69, 9.17) is 15.7 Å². The number of halogens is 1. The summed E-state index contributed by atoms with van der Waals surface area (Å²) < 4.78 is 15.0. The lowest BCUT2D eigenvalue weighted by Gasteiger charge is -2.16. The van der Waals surface area contributed by atoms with Crippen LogP contribution in [0.1, 0.15) is 38.2 Å². The minimum absolute atomic E-state index is 0.305. The first-order valence-electron chi connectivity index (χ1n) is 10.7. The van der Waals surface area contributed by atoms with E-state index in [-0.39, 0.29) is 5.82 Å². The molecule has 3 heterocycles. The van der Waals surface area contributed by atoms with Crippen molar-refractivity contribution in [3.05, 3.63) is 59.9 Å². The van der Waals surface area contributed by atoms with Crippen molar-refractivity contribution >= 4 is 22.8 Å². The zero-order chi connectivity index (χ0) is 21.5. The second-order valence-corrected chi connectivity index (χ2v) is 8.32. The van der Waals surface area contributed by atoms with Crippen molar-refractivity contribution in [1.82, 2.24) is 19.7 Å². The van der Waals surface area contributed by atoms with Crippen LogP contribution in [0.3, 0.4) is 0 Å². The van der Waals surface area contributed by atoms with Gasteiger partial charge in [0.1, 0.15) is 11.6 Å². The fraction of sp³-hybridized carbons (Fsp3) is 0.292. The first-order valence-corrected chi connectivity index (χ1v) is 10.7. The molecule has 0 aliphatic carbocycles. The monoisotopic (exact) mass is 416 g/mol. The lowest BCUT2D eigenvalue weighted by Crippen LogP contribution is -2.20. The molecule has 0 atom stereocenters. The molecule has 1 aliphatic rings. The van der Waals surface area contributed by atoms with Gasteiger partial charge in [-0.2, -0.15) is 4.98 Å². The van der Waals surface area contributed by atoms with Gasteiger partial charge in [0.05, 0.1) is 16.8 Å². The Bertz CT molecular complexity index is 1220. The molecule has 1 saturated heterocycles. The van der Waals surface area contributed by atoms with Crippen LogP contribution in [0.2, 0.25) is 0 Å². The third kappa shape index (κ3) is 3.50. The Morgan fingerprint density at radius 3 is 2.26 bits per heavy atom. The summed E-state index contributed by atoms with van der Waals surface area (Å²) in [6.45, 7) is 6.22. The van der Waals surface area contributed by atoms with Crippen LogP contribution in [0.15, 0.2) is 48.5 Å². The Morgan fingerprint density at radius 1 is 0.935 bits per heavy atom. The second-order valence-electron chi connectivity index (χ2n) is 8.32. The van der Waals surface area contributed by atoms with Gasteiger partial charge in [0, 0.05) is 18.7 Å². The molecule has 2 aromatic carbocycles.